The molecule has 0 aromatic heterocycles. The first-order chi connectivity index (χ1) is 9.35. The van der Waals surface area contributed by atoms with Gasteiger partial charge in [0.15, 0.2) is 9.04 Å². The number of rotatable bonds is 7. The number of benzene rings is 2. The van der Waals surface area contributed by atoms with Crippen LogP contribution in [0.25, 0.3) is 10.8 Å². The molecule has 0 N–H and O–H groups in total. The molecule has 1 nitrogen and oxygen atoms in total. The Hall–Kier alpha value is -1.64. The normalized spacial score (nSPS) is 10.8. The van der Waals surface area contributed by atoms with Crippen molar-refractivity contribution in [2.45, 2.75) is 18.7 Å². The zero-order valence-electron chi connectivity index (χ0n) is 11.2. The maximum absolute atomic E-state index is 6.11. The Morgan fingerprint density at radius 3 is 2.37 bits per heavy atom. The Kier molecular flexibility index (Phi) is 5.13. The van der Waals surface area contributed by atoms with Crippen LogP contribution >= 0.6 is 0 Å². The van der Waals surface area contributed by atoms with Gasteiger partial charge in [-0.2, -0.15) is 0 Å². The average molecular weight is 268 g/mol. The van der Waals surface area contributed by atoms with Gasteiger partial charge in [-0.15, -0.1) is 13.2 Å². The molecule has 0 radical (unpaired) electrons. The minimum atomic E-state index is -1.22. The highest BCUT2D eigenvalue weighted by Crippen LogP contribution is 2.20. The fourth-order valence-corrected chi connectivity index (χ4v) is 3.85. The van der Waals surface area contributed by atoms with E-state index in [-0.39, 0.29) is 0 Å². The summed E-state index contributed by atoms with van der Waals surface area (Å²) in [7, 11) is -1.22. The summed E-state index contributed by atoms with van der Waals surface area (Å²) in [5, 5.41) is 2.56. The molecule has 0 aliphatic heterocycles. The van der Waals surface area contributed by atoms with Gasteiger partial charge < -0.3 is 4.43 Å². The molecule has 19 heavy (non-hydrogen) atoms. The summed E-state index contributed by atoms with van der Waals surface area (Å²) in [5.74, 6) is 0. The molecule has 0 saturated heterocycles. The van der Waals surface area contributed by atoms with Crippen molar-refractivity contribution < 1.29 is 4.43 Å². The highest BCUT2D eigenvalue weighted by molar-refractivity contribution is 6.52. The van der Waals surface area contributed by atoms with Crippen LogP contribution in [-0.4, -0.2) is 9.04 Å². The summed E-state index contributed by atoms with van der Waals surface area (Å²) in [6, 6.07) is 16.8. The molecule has 0 saturated carbocycles. The topological polar surface area (TPSA) is 9.23 Å². The molecule has 2 aromatic rings. The second-order valence-electron chi connectivity index (χ2n) is 4.62. The lowest BCUT2D eigenvalue weighted by Crippen LogP contribution is -2.15. The van der Waals surface area contributed by atoms with Crippen molar-refractivity contribution in [2.24, 2.45) is 0 Å². The lowest BCUT2D eigenvalue weighted by atomic mass is 10.1. The summed E-state index contributed by atoms with van der Waals surface area (Å²) in [4.78, 5) is 0. The van der Waals surface area contributed by atoms with E-state index >= 15 is 0 Å². The van der Waals surface area contributed by atoms with E-state index in [9.17, 15) is 0 Å². The van der Waals surface area contributed by atoms with Crippen LogP contribution in [-0.2, 0) is 11.0 Å². The molecule has 2 rings (SSSR count). The number of allylic oxidation sites excluding steroid dienone is 2. The summed E-state index contributed by atoms with van der Waals surface area (Å²) in [6.07, 6.45) is 3.92. The van der Waals surface area contributed by atoms with E-state index in [0.717, 1.165) is 12.1 Å². The first-order valence-corrected chi connectivity index (χ1v) is 8.75. The predicted octanol–water partition coefficient (Wildman–Crippen LogP) is 4.45. The predicted molar refractivity (Wildman–Crippen MR) is 85.9 cm³/mol. The molecule has 98 valence electrons. The lowest BCUT2D eigenvalue weighted by molar-refractivity contribution is 0.311. The van der Waals surface area contributed by atoms with Gasteiger partial charge in [0.25, 0.3) is 0 Å². The van der Waals surface area contributed by atoms with Gasteiger partial charge in [0.05, 0.1) is 6.61 Å². The number of hydrogen-bond acceptors (Lipinski definition) is 1. The molecule has 0 fully saturated rings. The Labute approximate surface area is 117 Å². The van der Waals surface area contributed by atoms with Crippen molar-refractivity contribution in [1.29, 1.82) is 0 Å². The molecule has 2 heteroatoms. The molecule has 0 atom stereocenters. The van der Waals surface area contributed by atoms with E-state index in [2.05, 4.69) is 55.6 Å². The monoisotopic (exact) mass is 268 g/mol. The van der Waals surface area contributed by atoms with Crippen LogP contribution < -0.4 is 0 Å². The number of fused-ring (bicyclic) bond motifs is 1. The Bertz CT molecular complexity index is 547. The Morgan fingerprint density at radius 1 is 0.947 bits per heavy atom. The zero-order valence-corrected chi connectivity index (χ0v) is 12.4. The largest absolute Gasteiger partial charge is 0.415 e. The third kappa shape index (κ3) is 3.66. The summed E-state index contributed by atoms with van der Waals surface area (Å²) in [5.41, 5.74) is 1.27. The maximum atomic E-state index is 6.11. The van der Waals surface area contributed by atoms with Crippen molar-refractivity contribution in [3.05, 3.63) is 73.3 Å². The summed E-state index contributed by atoms with van der Waals surface area (Å²) in [6.45, 7) is 8.31. The molecule has 0 unspecified atom stereocenters. The zero-order chi connectivity index (χ0) is 13.5. The molecular formula is C17H20OSi. The van der Waals surface area contributed by atoms with Gasteiger partial charge in [0, 0.05) is 0 Å². The molecule has 0 bridgehead atoms. The van der Waals surface area contributed by atoms with Crippen LogP contribution in [0.15, 0.2) is 67.8 Å². The average Bonchev–Trinajstić information content (AvgIpc) is 2.45. The molecule has 2 aromatic carbocycles. The van der Waals surface area contributed by atoms with E-state index in [4.69, 9.17) is 4.43 Å². The van der Waals surface area contributed by atoms with E-state index in [1.807, 2.05) is 12.2 Å². The second kappa shape index (κ2) is 7.07. The van der Waals surface area contributed by atoms with Crippen molar-refractivity contribution in [3.63, 3.8) is 0 Å². The third-order valence-electron chi connectivity index (χ3n) is 3.21. The fraction of sp³-hybridized carbons (Fsp3) is 0.176. The second-order valence-corrected chi connectivity index (χ2v) is 7.14. The lowest BCUT2D eigenvalue weighted by Gasteiger charge is -2.14. The summed E-state index contributed by atoms with van der Waals surface area (Å²) < 4.78 is 6.11. The van der Waals surface area contributed by atoms with Crippen LogP contribution in [0, 0.1) is 0 Å². The Morgan fingerprint density at radius 2 is 1.63 bits per heavy atom. The fourth-order valence-electron chi connectivity index (χ4n) is 2.23. The van der Waals surface area contributed by atoms with E-state index in [1.54, 1.807) is 0 Å². The molecule has 0 heterocycles. The van der Waals surface area contributed by atoms with Crippen LogP contribution in [0.1, 0.15) is 5.56 Å². The number of hydrogen-bond donors (Lipinski definition) is 0. The first kappa shape index (κ1) is 13.8. The summed E-state index contributed by atoms with van der Waals surface area (Å²) >= 11 is 0. The first-order valence-electron chi connectivity index (χ1n) is 6.65. The molecule has 0 spiro atoms. The van der Waals surface area contributed by atoms with Crippen LogP contribution in [0.3, 0.4) is 0 Å². The van der Waals surface area contributed by atoms with Gasteiger partial charge >= 0.3 is 0 Å². The quantitative estimate of drug-likeness (QED) is 0.532. The van der Waals surface area contributed by atoms with Crippen LogP contribution in [0.5, 0.6) is 0 Å². The molecule has 0 aliphatic rings. The SMILES string of the molecule is C=CC[SiH](CC=C)OCc1cccc2ccccc12. The minimum absolute atomic E-state index is 0.694. The van der Waals surface area contributed by atoms with Gasteiger partial charge in [0.1, 0.15) is 0 Å². The van der Waals surface area contributed by atoms with Gasteiger partial charge in [0.2, 0.25) is 0 Å². The van der Waals surface area contributed by atoms with Crippen LogP contribution in [0.2, 0.25) is 12.1 Å². The van der Waals surface area contributed by atoms with Crippen molar-refractivity contribution in [1.82, 2.24) is 0 Å². The van der Waals surface area contributed by atoms with E-state index in [1.165, 1.54) is 16.3 Å². The van der Waals surface area contributed by atoms with Crippen molar-refractivity contribution >= 4 is 19.8 Å². The van der Waals surface area contributed by atoms with E-state index < -0.39 is 9.04 Å². The van der Waals surface area contributed by atoms with Crippen molar-refractivity contribution in [2.75, 3.05) is 0 Å². The highest BCUT2D eigenvalue weighted by atomic mass is 28.3. The van der Waals surface area contributed by atoms with Gasteiger partial charge in [-0.05, 0) is 28.4 Å². The minimum Gasteiger partial charge on any atom is -0.415 e. The van der Waals surface area contributed by atoms with Crippen molar-refractivity contribution in [3.8, 4) is 0 Å². The smallest absolute Gasteiger partial charge is 0.184 e. The Balaban J connectivity index is 2.12. The van der Waals surface area contributed by atoms with Gasteiger partial charge in [-0.25, -0.2) is 0 Å². The highest BCUT2D eigenvalue weighted by Gasteiger charge is 2.09. The van der Waals surface area contributed by atoms with Gasteiger partial charge in [-0.1, -0.05) is 54.6 Å². The molecule has 0 amide bonds. The third-order valence-corrected chi connectivity index (χ3v) is 5.57. The van der Waals surface area contributed by atoms with E-state index in [0.29, 0.717) is 6.61 Å². The maximum Gasteiger partial charge on any atom is 0.184 e. The standard InChI is InChI=1S/C17H20OSi/c1-3-12-19(13-4-2)18-14-16-10-7-9-15-8-5-6-11-17(15)16/h3-11,19H,1-2,12-14H2. The van der Waals surface area contributed by atoms with Gasteiger partial charge in [-0.3, -0.25) is 0 Å². The van der Waals surface area contributed by atoms with Crippen LogP contribution in [0.4, 0.5) is 0 Å². The molecular weight excluding hydrogens is 248 g/mol. The molecule has 0 aliphatic carbocycles.